The summed E-state index contributed by atoms with van der Waals surface area (Å²) in [4.78, 5) is 3.30. The van der Waals surface area contributed by atoms with Crippen LogP contribution in [0.1, 0.15) is 18.4 Å². The van der Waals surface area contributed by atoms with Gasteiger partial charge in [-0.15, -0.1) is 0 Å². The number of rotatable bonds is 6. The molecule has 0 saturated heterocycles. The summed E-state index contributed by atoms with van der Waals surface area (Å²) in [5, 5.41) is 8.31. The fourth-order valence-corrected chi connectivity index (χ4v) is 2.15. The molecular formula is C14H19N3. The van der Waals surface area contributed by atoms with Crippen molar-refractivity contribution in [3.05, 3.63) is 36.0 Å². The molecule has 1 aromatic carbocycles. The average molecular weight is 229 g/mol. The van der Waals surface area contributed by atoms with E-state index < -0.39 is 0 Å². The van der Waals surface area contributed by atoms with Crippen molar-refractivity contribution < 1.29 is 0 Å². The van der Waals surface area contributed by atoms with Crippen molar-refractivity contribution in [2.75, 3.05) is 13.1 Å². The lowest BCUT2D eigenvalue weighted by atomic mass is 10.2. The van der Waals surface area contributed by atoms with Gasteiger partial charge < -0.3 is 15.6 Å². The van der Waals surface area contributed by atoms with Gasteiger partial charge in [0, 0.05) is 42.8 Å². The van der Waals surface area contributed by atoms with Gasteiger partial charge in [-0.3, -0.25) is 0 Å². The zero-order chi connectivity index (χ0) is 11.5. The second-order valence-electron chi connectivity index (χ2n) is 4.76. The minimum atomic E-state index is 0.810. The smallest absolute Gasteiger partial charge is 0.0457 e. The Kier molecular flexibility index (Phi) is 3.12. The summed E-state index contributed by atoms with van der Waals surface area (Å²) in [5.41, 5.74) is 2.58. The number of benzene rings is 1. The normalized spacial score (nSPS) is 15.5. The lowest BCUT2D eigenvalue weighted by Gasteiger charge is -2.04. The van der Waals surface area contributed by atoms with Gasteiger partial charge in [0.25, 0.3) is 0 Å². The number of hydrogen-bond donors (Lipinski definition) is 3. The largest absolute Gasteiger partial charge is 0.361 e. The summed E-state index contributed by atoms with van der Waals surface area (Å²) >= 11 is 0. The first-order valence-corrected chi connectivity index (χ1v) is 6.42. The number of aromatic nitrogens is 1. The molecule has 0 unspecified atom stereocenters. The zero-order valence-electron chi connectivity index (χ0n) is 10.00. The molecule has 90 valence electrons. The molecular weight excluding hydrogens is 210 g/mol. The SMILES string of the molecule is c1ccc2c(CNCCNC3CC3)c[nH]c2c1. The number of nitrogens with one attached hydrogen (secondary N) is 3. The summed E-state index contributed by atoms with van der Waals surface area (Å²) in [6, 6.07) is 9.26. The van der Waals surface area contributed by atoms with Gasteiger partial charge in [-0.2, -0.15) is 0 Å². The van der Waals surface area contributed by atoms with Crippen molar-refractivity contribution in [1.82, 2.24) is 15.6 Å². The van der Waals surface area contributed by atoms with Gasteiger partial charge in [0.05, 0.1) is 0 Å². The van der Waals surface area contributed by atoms with Crippen molar-refractivity contribution >= 4 is 10.9 Å². The first-order valence-electron chi connectivity index (χ1n) is 6.42. The van der Waals surface area contributed by atoms with Gasteiger partial charge in [-0.25, -0.2) is 0 Å². The number of para-hydroxylation sites is 1. The topological polar surface area (TPSA) is 39.8 Å². The van der Waals surface area contributed by atoms with Crippen LogP contribution >= 0.6 is 0 Å². The Morgan fingerprint density at radius 2 is 2.06 bits per heavy atom. The maximum absolute atomic E-state index is 3.50. The van der Waals surface area contributed by atoms with Gasteiger partial charge >= 0.3 is 0 Å². The van der Waals surface area contributed by atoms with Crippen molar-refractivity contribution in [2.45, 2.75) is 25.4 Å². The Morgan fingerprint density at radius 3 is 2.94 bits per heavy atom. The molecule has 3 nitrogen and oxygen atoms in total. The molecule has 2 aromatic rings. The molecule has 1 aromatic heterocycles. The highest BCUT2D eigenvalue weighted by Gasteiger charge is 2.19. The molecule has 0 bridgehead atoms. The van der Waals surface area contributed by atoms with Crippen molar-refractivity contribution in [2.24, 2.45) is 0 Å². The molecule has 0 radical (unpaired) electrons. The zero-order valence-corrected chi connectivity index (χ0v) is 10.00. The Labute approximate surface area is 102 Å². The minimum Gasteiger partial charge on any atom is -0.361 e. The Hall–Kier alpha value is -1.32. The van der Waals surface area contributed by atoms with Gasteiger partial charge in [-0.05, 0) is 24.5 Å². The van der Waals surface area contributed by atoms with E-state index in [0.717, 1.165) is 25.7 Å². The van der Waals surface area contributed by atoms with Crippen LogP contribution in [0.5, 0.6) is 0 Å². The van der Waals surface area contributed by atoms with E-state index in [1.165, 1.54) is 29.3 Å². The highest BCUT2D eigenvalue weighted by molar-refractivity contribution is 5.82. The Bertz CT molecular complexity index is 485. The first-order chi connectivity index (χ1) is 8.43. The summed E-state index contributed by atoms with van der Waals surface area (Å²) in [5.74, 6) is 0. The van der Waals surface area contributed by atoms with Crippen LogP contribution in [0.3, 0.4) is 0 Å². The van der Waals surface area contributed by atoms with Crippen LogP contribution in [0, 0.1) is 0 Å². The van der Waals surface area contributed by atoms with Crippen LogP contribution in [0.25, 0.3) is 10.9 Å². The van der Waals surface area contributed by atoms with Crippen LogP contribution in [0.15, 0.2) is 30.5 Å². The average Bonchev–Trinajstić information content (AvgIpc) is 3.09. The number of fused-ring (bicyclic) bond motifs is 1. The highest BCUT2D eigenvalue weighted by atomic mass is 15.0. The van der Waals surface area contributed by atoms with Crippen molar-refractivity contribution in [1.29, 1.82) is 0 Å². The predicted molar refractivity (Wildman–Crippen MR) is 71.0 cm³/mol. The fourth-order valence-electron chi connectivity index (χ4n) is 2.15. The number of H-pyrrole nitrogens is 1. The molecule has 0 spiro atoms. The van der Waals surface area contributed by atoms with E-state index >= 15 is 0 Å². The van der Waals surface area contributed by atoms with Gasteiger partial charge in [-0.1, -0.05) is 18.2 Å². The molecule has 0 aliphatic heterocycles. The fraction of sp³-hybridized carbons (Fsp3) is 0.429. The second kappa shape index (κ2) is 4.90. The van der Waals surface area contributed by atoms with Crippen LogP contribution < -0.4 is 10.6 Å². The summed E-state index contributed by atoms with van der Waals surface area (Å²) in [7, 11) is 0. The number of hydrogen-bond acceptors (Lipinski definition) is 2. The first kappa shape index (κ1) is 10.8. The molecule has 1 aliphatic carbocycles. The number of aromatic amines is 1. The monoisotopic (exact) mass is 229 g/mol. The van der Waals surface area contributed by atoms with E-state index in [0.29, 0.717) is 0 Å². The molecule has 3 rings (SSSR count). The molecule has 3 N–H and O–H groups in total. The molecule has 1 saturated carbocycles. The van der Waals surface area contributed by atoms with E-state index in [1.807, 2.05) is 0 Å². The third kappa shape index (κ3) is 2.68. The Morgan fingerprint density at radius 1 is 1.18 bits per heavy atom. The highest BCUT2D eigenvalue weighted by Crippen LogP contribution is 2.18. The molecule has 1 heterocycles. The lowest BCUT2D eigenvalue weighted by Crippen LogP contribution is -2.28. The Balaban J connectivity index is 1.50. The van der Waals surface area contributed by atoms with Gasteiger partial charge in [0.1, 0.15) is 0 Å². The lowest BCUT2D eigenvalue weighted by molar-refractivity contribution is 0.610. The van der Waals surface area contributed by atoms with Gasteiger partial charge in [0.15, 0.2) is 0 Å². The van der Waals surface area contributed by atoms with E-state index in [-0.39, 0.29) is 0 Å². The third-order valence-corrected chi connectivity index (χ3v) is 3.30. The van der Waals surface area contributed by atoms with E-state index in [9.17, 15) is 0 Å². The van der Waals surface area contributed by atoms with Crippen molar-refractivity contribution in [3.8, 4) is 0 Å². The maximum Gasteiger partial charge on any atom is 0.0457 e. The molecule has 0 atom stereocenters. The predicted octanol–water partition coefficient (Wildman–Crippen LogP) is 2.01. The van der Waals surface area contributed by atoms with Crippen molar-refractivity contribution in [3.63, 3.8) is 0 Å². The van der Waals surface area contributed by atoms with Crippen LogP contribution in [0.4, 0.5) is 0 Å². The molecule has 1 fully saturated rings. The quantitative estimate of drug-likeness (QED) is 0.663. The summed E-state index contributed by atoms with van der Waals surface area (Å²) in [6.45, 7) is 3.05. The molecule has 0 amide bonds. The minimum absolute atomic E-state index is 0.810. The van der Waals surface area contributed by atoms with E-state index in [2.05, 4.69) is 46.1 Å². The van der Waals surface area contributed by atoms with Gasteiger partial charge in [0.2, 0.25) is 0 Å². The van der Waals surface area contributed by atoms with E-state index in [4.69, 9.17) is 0 Å². The molecule has 17 heavy (non-hydrogen) atoms. The van der Waals surface area contributed by atoms with E-state index in [1.54, 1.807) is 0 Å². The van der Waals surface area contributed by atoms with Crippen LogP contribution in [-0.4, -0.2) is 24.1 Å². The standard InChI is InChI=1S/C14H19N3/c1-2-4-14-13(3-1)11(10-17-14)9-15-7-8-16-12-5-6-12/h1-4,10,12,15-17H,5-9H2. The van der Waals surface area contributed by atoms with Crippen LogP contribution in [0.2, 0.25) is 0 Å². The molecule has 3 heteroatoms. The third-order valence-electron chi connectivity index (χ3n) is 3.30. The summed E-state index contributed by atoms with van der Waals surface area (Å²) < 4.78 is 0. The summed E-state index contributed by atoms with van der Waals surface area (Å²) in [6.07, 6.45) is 4.83. The second-order valence-corrected chi connectivity index (χ2v) is 4.76. The maximum atomic E-state index is 3.50. The van der Waals surface area contributed by atoms with Crippen LogP contribution in [-0.2, 0) is 6.54 Å². The molecule has 1 aliphatic rings.